The Morgan fingerprint density at radius 1 is 1.17 bits per heavy atom. The van der Waals surface area contributed by atoms with Crippen LogP contribution in [0.25, 0.3) is 0 Å². The van der Waals surface area contributed by atoms with Crippen LogP contribution in [0.5, 0.6) is 0 Å². The van der Waals surface area contributed by atoms with Gasteiger partial charge in [-0.2, -0.15) is 5.10 Å². The lowest BCUT2D eigenvalue weighted by atomic mass is 10.2. The first-order chi connectivity index (χ1) is 14.4. The maximum atomic E-state index is 12.1. The molecule has 9 nitrogen and oxygen atoms in total. The zero-order valence-corrected chi connectivity index (χ0v) is 17.8. The van der Waals surface area contributed by atoms with E-state index in [1.807, 2.05) is 74.4 Å². The number of nitrogens with two attached hydrogens (primary N) is 1. The van der Waals surface area contributed by atoms with Gasteiger partial charge in [0.1, 0.15) is 0 Å². The van der Waals surface area contributed by atoms with E-state index < -0.39 is 0 Å². The highest BCUT2D eigenvalue weighted by atomic mass is 32.2. The minimum Gasteiger partial charge on any atom is -0.378 e. The van der Waals surface area contributed by atoms with Crippen LogP contribution in [0.4, 0.5) is 17.3 Å². The van der Waals surface area contributed by atoms with Gasteiger partial charge in [-0.25, -0.2) is 10.1 Å². The van der Waals surface area contributed by atoms with Gasteiger partial charge < -0.3 is 16.1 Å². The van der Waals surface area contributed by atoms with E-state index in [9.17, 15) is 4.79 Å². The molecular formula is C20H24N8OS. The number of thioether (sulfide) groups is 1. The average molecular weight is 425 g/mol. The van der Waals surface area contributed by atoms with Crippen LogP contribution in [0, 0.1) is 6.92 Å². The van der Waals surface area contributed by atoms with E-state index in [0.29, 0.717) is 5.16 Å². The summed E-state index contributed by atoms with van der Waals surface area (Å²) in [6.45, 7) is 1.99. The number of nitrogen functional groups attached to an aromatic ring is 1. The number of rotatable bonds is 8. The molecule has 1 aromatic heterocycles. The predicted molar refractivity (Wildman–Crippen MR) is 123 cm³/mol. The Kier molecular flexibility index (Phi) is 6.91. The van der Waals surface area contributed by atoms with Crippen LogP contribution in [0.2, 0.25) is 0 Å². The number of nitrogens with one attached hydrogen (secondary N) is 2. The summed E-state index contributed by atoms with van der Waals surface area (Å²) in [6.07, 6.45) is 1.66. The molecule has 1 heterocycles. The molecule has 30 heavy (non-hydrogen) atoms. The number of nitrogens with zero attached hydrogens (tertiary/aromatic N) is 5. The molecule has 10 heteroatoms. The Labute approximate surface area is 179 Å². The molecule has 0 bridgehead atoms. The summed E-state index contributed by atoms with van der Waals surface area (Å²) in [5, 5.41) is 15.3. The highest BCUT2D eigenvalue weighted by Crippen LogP contribution is 2.17. The predicted octanol–water partition coefficient (Wildman–Crippen LogP) is 2.54. The zero-order valence-electron chi connectivity index (χ0n) is 17.0. The molecule has 1 amide bonds. The molecule has 3 rings (SSSR count). The molecule has 3 aromatic rings. The first kappa shape index (κ1) is 21.2. The Morgan fingerprint density at radius 3 is 2.53 bits per heavy atom. The van der Waals surface area contributed by atoms with E-state index in [2.05, 4.69) is 26.0 Å². The topological polar surface area (TPSA) is 113 Å². The van der Waals surface area contributed by atoms with Crippen molar-refractivity contribution in [2.75, 3.05) is 41.3 Å². The molecule has 0 radical (unpaired) electrons. The third-order valence-corrected chi connectivity index (χ3v) is 5.06. The van der Waals surface area contributed by atoms with Crippen molar-refractivity contribution in [1.29, 1.82) is 0 Å². The molecule has 2 aromatic carbocycles. The average Bonchev–Trinajstić information content (AvgIpc) is 3.08. The summed E-state index contributed by atoms with van der Waals surface area (Å²) >= 11 is 1.19. The van der Waals surface area contributed by atoms with Crippen molar-refractivity contribution >= 4 is 41.2 Å². The molecule has 156 valence electrons. The van der Waals surface area contributed by atoms with Gasteiger partial charge in [-0.1, -0.05) is 41.6 Å². The fourth-order valence-corrected chi connectivity index (χ4v) is 3.10. The Balaban J connectivity index is 1.51. The van der Waals surface area contributed by atoms with Crippen LogP contribution in [0.3, 0.4) is 0 Å². The number of hydrazone groups is 1. The first-order valence-electron chi connectivity index (χ1n) is 9.18. The molecule has 4 N–H and O–H groups in total. The van der Waals surface area contributed by atoms with Gasteiger partial charge in [0, 0.05) is 25.5 Å². The molecule has 0 fully saturated rings. The zero-order chi connectivity index (χ0) is 21.5. The maximum Gasteiger partial charge on any atom is 0.264 e. The Morgan fingerprint density at radius 2 is 1.87 bits per heavy atom. The lowest BCUT2D eigenvalue weighted by molar-refractivity contribution is -0.113. The van der Waals surface area contributed by atoms with Crippen molar-refractivity contribution < 1.29 is 4.79 Å². The van der Waals surface area contributed by atoms with E-state index in [1.165, 1.54) is 16.4 Å². The van der Waals surface area contributed by atoms with Crippen LogP contribution in [-0.4, -0.2) is 46.8 Å². The number of carbonyl (C=O) groups is 1. The molecule has 0 aliphatic rings. The quantitative estimate of drug-likeness (QED) is 0.220. The molecule has 0 unspecified atom stereocenters. The monoisotopic (exact) mass is 424 g/mol. The van der Waals surface area contributed by atoms with Crippen molar-refractivity contribution in [3.8, 4) is 0 Å². The van der Waals surface area contributed by atoms with E-state index >= 15 is 0 Å². The highest BCUT2D eigenvalue weighted by molar-refractivity contribution is 7.99. The van der Waals surface area contributed by atoms with Crippen LogP contribution in [-0.2, 0) is 4.79 Å². The Bertz CT molecular complexity index is 1010. The van der Waals surface area contributed by atoms with E-state index in [0.717, 1.165) is 22.5 Å². The van der Waals surface area contributed by atoms with E-state index in [-0.39, 0.29) is 17.6 Å². The van der Waals surface area contributed by atoms with Crippen molar-refractivity contribution in [2.45, 2.75) is 12.1 Å². The van der Waals surface area contributed by atoms with Crippen LogP contribution >= 0.6 is 11.8 Å². The second-order valence-corrected chi connectivity index (χ2v) is 7.68. The fourth-order valence-electron chi connectivity index (χ4n) is 2.44. The summed E-state index contributed by atoms with van der Waals surface area (Å²) in [7, 11) is 3.97. The lowest BCUT2D eigenvalue weighted by Crippen LogP contribution is -2.16. The largest absolute Gasteiger partial charge is 0.378 e. The summed E-state index contributed by atoms with van der Waals surface area (Å²) in [6, 6.07) is 15.5. The SMILES string of the molecule is Cc1ccc(NC(=O)CSc2nnc(N/N=C/c3ccc(N(C)C)cc3)n2N)cc1. The number of hydrogen-bond acceptors (Lipinski definition) is 8. The maximum absolute atomic E-state index is 12.1. The van der Waals surface area contributed by atoms with Crippen LogP contribution < -0.4 is 21.5 Å². The molecule has 0 saturated heterocycles. The molecule has 0 saturated carbocycles. The number of amides is 1. The van der Waals surface area contributed by atoms with Crippen molar-refractivity contribution in [3.05, 3.63) is 59.7 Å². The van der Waals surface area contributed by atoms with Gasteiger partial charge in [0.15, 0.2) is 0 Å². The smallest absolute Gasteiger partial charge is 0.264 e. The third kappa shape index (κ3) is 5.74. The van der Waals surface area contributed by atoms with Crippen LogP contribution in [0.15, 0.2) is 58.8 Å². The van der Waals surface area contributed by atoms with Gasteiger partial charge in [0.2, 0.25) is 11.1 Å². The van der Waals surface area contributed by atoms with Crippen LogP contribution in [0.1, 0.15) is 11.1 Å². The Hall–Kier alpha value is -3.53. The summed E-state index contributed by atoms with van der Waals surface area (Å²) < 4.78 is 1.26. The molecule has 0 aliphatic carbocycles. The van der Waals surface area contributed by atoms with Gasteiger partial charge in [-0.3, -0.25) is 4.79 Å². The number of carbonyl (C=O) groups excluding carboxylic acids is 1. The number of aryl methyl sites for hydroxylation is 1. The van der Waals surface area contributed by atoms with Gasteiger partial charge in [-0.05, 0) is 36.8 Å². The van der Waals surface area contributed by atoms with Gasteiger partial charge >= 0.3 is 0 Å². The van der Waals surface area contributed by atoms with Gasteiger partial charge in [0.25, 0.3) is 5.95 Å². The highest BCUT2D eigenvalue weighted by Gasteiger charge is 2.12. The van der Waals surface area contributed by atoms with Crippen molar-refractivity contribution in [2.24, 2.45) is 5.10 Å². The normalized spacial score (nSPS) is 10.9. The van der Waals surface area contributed by atoms with Gasteiger partial charge in [-0.15, -0.1) is 10.2 Å². The molecule has 0 spiro atoms. The fraction of sp³-hybridized carbons (Fsp3) is 0.200. The van der Waals surface area contributed by atoms with E-state index in [1.54, 1.807) is 6.21 Å². The standard InChI is InChI=1S/C20H24N8OS/c1-14-4-8-16(9-5-14)23-18(29)13-30-20-26-25-19(28(20)21)24-22-12-15-6-10-17(11-7-15)27(2)3/h4-12H,13,21H2,1-3H3,(H,23,29)(H,24,25)/b22-12+. The number of hydrogen-bond donors (Lipinski definition) is 3. The first-order valence-corrected chi connectivity index (χ1v) is 10.2. The molecule has 0 atom stereocenters. The summed E-state index contributed by atoms with van der Waals surface area (Å²) in [5.41, 5.74) is 6.67. The minimum absolute atomic E-state index is 0.152. The summed E-state index contributed by atoms with van der Waals surface area (Å²) in [4.78, 5) is 14.1. The van der Waals surface area contributed by atoms with Crippen molar-refractivity contribution in [1.82, 2.24) is 14.9 Å². The minimum atomic E-state index is -0.152. The number of anilines is 3. The number of benzene rings is 2. The number of aromatic nitrogens is 3. The second-order valence-electron chi connectivity index (χ2n) is 6.74. The van der Waals surface area contributed by atoms with Gasteiger partial charge in [0.05, 0.1) is 12.0 Å². The van der Waals surface area contributed by atoms with Crippen molar-refractivity contribution in [3.63, 3.8) is 0 Å². The molecule has 0 aliphatic heterocycles. The second kappa shape index (κ2) is 9.79. The van der Waals surface area contributed by atoms with E-state index in [4.69, 9.17) is 5.84 Å². The molecular weight excluding hydrogens is 400 g/mol. The third-order valence-electron chi connectivity index (χ3n) is 4.12. The lowest BCUT2D eigenvalue weighted by Gasteiger charge is -2.11. The summed E-state index contributed by atoms with van der Waals surface area (Å²) in [5.74, 6) is 6.27.